The minimum atomic E-state index is -3.84. The summed E-state index contributed by atoms with van der Waals surface area (Å²) in [6.45, 7) is 1.01. The Morgan fingerprint density at radius 3 is 2.63 bits per heavy atom. The van der Waals surface area contributed by atoms with Crippen molar-refractivity contribution >= 4 is 30.6 Å². The summed E-state index contributed by atoms with van der Waals surface area (Å²) in [5.74, 6) is 0.480. The second-order valence-electron chi connectivity index (χ2n) is 3.97. The molecule has 0 unspecified atom stereocenters. The monoisotopic (exact) mass is 303 g/mol. The molecule has 0 N–H and O–H groups in total. The molecule has 0 radical (unpaired) electrons. The lowest BCUT2D eigenvalue weighted by atomic mass is 10.2. The van der Waals surface area contributed by atoms with Crippen LogP contribution >= 0.6 is 10.7 Å². The number of ether oxygens (including phenoxy) is 2. The van der Waals surface area contributed by atoms with Gasteiger partial charge in [-0.2, -0.15) is 0 Å². The summed E-state index contributed by atoms with van der Waals surface area (Å²) in [6, 6.07) is 5.32. The molecule has 1 aromatic carbocycles. The molecule has 0 saturated carbocycles. The minimum Gasteiger partial charge on any atom is -0.496 e. The summed E-state index contributed by atoms with van der Waals surface area (Å²) < 4.78 is 35.3. The van der Waals surface area contributed by atoms with Crippen LogP contribution in [0, 0.1) is 0 Å². The van der Waals surface area contributed by atoms with Crippen LogP contribution in [0.3, 0.4) is 0 Å². The molecule has 1 heterocycles. The van der Waals surface area contributed by atoms with E-state index in [9.17, 15) is 8.42 Å². The Morgan fingerprint density at radius 2 is 2.05 bits per heavy atom. The smallest absolute Gasteiger partial charge is 0.263 e. The van der Waals surface area contributed by atoms with Gasteiger partial charge in [0.15, 0.2) is 0 Å². The molecule has 0 spiro atoms. The normalized spacial score (nSPS) is 11.9. The average molecular weight is 304 g/mol. The molecule has 0 saturated heterocycles. The quantitative estimate of drug-likeness (QED) is 0.795. The summed E-state index contributed by atoms with van der Waals surface area (Å²) in [4.78, 5) is 0.0534. The third-order valence-corrected chi connectivity index (χ3v) is 4.19. The van der Waals surface area contributed by atoms with Gasteiger partial charge in [0, 0.05) is 30.5 Å². The van der Waals surface area contributed by atoms with E-state index in [0.29, 0.717) is 24.3 Å². The number of halogens is 1. The molecule has 104 valence electrons. The molecule has 0 atom stereocenters. The highest BCUT2D eigenvalue weighted by atomic mass is 35.7. The molecule has 2 rings (SSSR count). The number of hydrogen-bond donors (Lipinski definition) is 0. The zero-order valence-corrected chi connectivity index (χ0v) is 12.2. The van der Waals surface area contributed by atoms with Crippen LogP contribution in [0.5, 0.6) is 5.75 Å². The van der Waals surface area contributed by atoms with Gasteiger partial charge < -0.3 is 14.0 Å². The molecule has 0 aliphatic carbocycles. The van der Waals surface area contributed by atoms with E-state index < -0.39 is 9.05 Å². The van der Waals surface area contributed by atoms with Gasteiger partial charge in [-0.3, -0.25) is 0 Å². The Bertz CT molecular complexity index is 693. The minimum absolute atomic E-state index is 0.0534. The Kier molecular flexibility index (Phi) is 4.03. The summed E-state index contributed by atoms with van der Waals surface area (Å²) in [5, 5.41) is 0.496. The lowest BCUT2D eigenvalue weighted by Crippen LogP contribution is -2.02. The van der Waals surface area contributed by atoms with Gasteiger partial charge in [-0.25, -0.2) is 8.42 Å². The van der Waals surface area contributed by atoms with E-state index in [1.54, 1.807) is 23.8 Å². The molecule has 0 bridgehead atoms. The number of aromatic nitrogens is 1. The SMILES string of the molecule is COCCn1cc(S(=O)(=O)Cl)c2c(OC)cccc21. The molecule has 19 heavy (non-hydrogen) atoms. The summed E-state index contributed by atoms with van der Waals surface area (Å²) in [6.07, 6.45) is 1.51. The fourth-order valence-electron chi connectivity index (χ4n) is 2.01. The van der Waals surface area contributed by atoms with Crippen LogP contribution in [0.2, 0.25) is 0 Å². The maximum Gasteiger partial charge on any atom is 0.263 e. The van der Waals surface area contributed by atoms with Crippen LogP contribution in [-0.4, -0.2) is 33.8 Å². The van der Waals surface area contributed by atoms with E-state index in [0.717, 1.165) is 5.52 Å². The van der Waals surface area contributed by atoms with Gasteiger partial charge in [0.2, 0.25) is 0 Å². The predicted octanol–water partition coefficient (Wildman–Crippen LogP) is 2.22. The molecule has 0 aliphatic rings. The first kappa shape index (κ1) is 14.2. The van der Waals surface area contributed by atoms with Crippen molar-refractivity contribution in [1.29, 1.82) is 0 Å². The van der Waals surface area contributed by atoms with E-state index in [1.165, 1.54) is 13.3 Å². The first-order chi connectivity index (χ1) is 8.99. The van der Waals surface area contributed by atoms with E-state index in [2.05, 4.69) is 0 Å². The highest BCUT2D eigenvalue weighted by Gasteiger charge is 2.21. The standard InChI is InChI=1S/C12H14ClNO4S/c1-17-7-6-14-8-11(19(13,15)16)12-9(14)4-3-5-10(12)18-2/h3-5,8H,6-7H2,1-2H3. The maximum absolute atomic E-state index is 11.7. The van der Waals surface area contributed by atoms with Gasteiger partial charge in [-0.1, -0.05) is 6.07 Å². The number of nitrogens with zero attached hydrogens (tertiary/aromatic N) is 1. The topological polar surface area (TPSA) is 57.5 Å². The third-order valence-electron chi connectivity index (χ3n) is 2.85. The van der Waals surface area contributed by atoms with E-state index >= 15 is 0 Å². The molecule has 0 aliphatic heterocycles. The van der Waals surface area contributed by atoms with Crippen LogP contribution in [0.25, 0.3) is 10.9 Å². The van der Waals surface area contributed by atoms with Crippen LogP contribution in [0.1, 0.15) is 0 Å². The Labute approximate surface area is 116 Å². The van der Waals surface area contributed by atoms with E-state index in [-0.39, 0.29) is 4.90 Å². The van der Waals surface area contributed by atoms with Crippen molar-refractivity contribution in [2.75, 3.05) is 20.8 Å². The van der Waals surface area contributed by atoms with Crippen molar-refractivity contribution < 1.29 is 17.9 Å². The largest absolute Gasteiger partial charge is 0.496 e. The Morgan fingerprint density at radius 1 is 1.32 bits per heavy atom. The molecule has 1 aromatic heterocycles. The van der Waals surface area contributed by atoms with Gasteiger partial charge in [0.1, 0.15) is 10.6 Å². The van der Waals surface area contributed by atoms with Crippen LogP contribution in [0.15, 0.2) is 29.3 Å². The molecular weight excluding hydrogens is 290 g/mol. The molecule has 0 amide bonds. The summed E-state index contributed by atoms with van der Waals surface area (Å²) in [5.41, 5.74) is 0.746. The average Bonchev–Trinajstić information content (AvgIpc) is 2.75. The Balaban J connectivity index is 2.74. The van der Waals surface area contributed by atoms with Gasteiger partial charge in [-0.15, -0.1) is 0 Å². The molecule has 2 aromatic rings. The number of hydrogen-bond acceptors (Lipinski definition) is 4. The van der Waals surface area contributed by atoms with Crippen molar-refractivity contribution in [1.82, 2.24) is 4.57 Å². The first-order valence-electron chi connectivity index (χ1n) is 5.58. The third kappa shape index (κ3) is 2.70. The highest BCUT2D eigenvalue weighted by Crippen LogP contribution is 2.34. The van der Waals surface area contributed by atoms with Gasteiger partial charge in [-0.05, 0) is 12.1 Å². The maximum atomic E-state index is 11.7. The lowest BCUT2D eigenvalue weighted by molar-refractivity contribution is 0.188. The molecule has 7 heteroatoms. The Hall–Kier alpha value is -1.24. The molecule has 0 fully saturated rings. The zero-order chi connectivity index (χ0) is 14.0. The van der Waals surface area contributed by atoms with Crippen LogP contribution < -0.4 is 4.74 Å². The zero-order valence-electron chi connectivity index (χ0n) is 10.6. The van der Waals surface area contributed by atoms with Crippen molar-refractivity contribution in [2.45, 2.75) is 11.4 Å². The van der Waals surface area contributed by atoms with Crippen LogP contribution in [-0.2, 0) is 20.3 Å². The van der Waals surface area contributed by atoms with Crippen molar-refractivity contribution in [2.24, 2.45) is 0 Å². The van der Waals surface area contributed by atoms with Gasteiger partial charge in [0.05, 0.1) is 24.6 Å². The van der Waals surface area contributed by atoms with Crippen molar-refractivity contribution in [3.8, 4) is 5.75 Å². The van der Waals surface area contributed by atoms with Crippen LogP contribution in [0.4, 0.5) is 0 Å². The van der Waals surface area contributed by atoms with Gasteiger partial charge in [0.25, 0.3) is 9.05 Å². The fraction of sp³-hybridized carbons (Fsp3) is 0.333. The van der Waals surface area contributed by atoms with E-state index in [1.807, 2.05) is 6.07 Å². The van der Waals surface area contributed by atoms with E-state index in [4.69, 9.17) is 20.2 Å². The first-order valence-corrected chi connectivity index (χ1v) is 7.89. The predicted molar refractivity (Wildman–Crippen MR) is 73.4 cm³/mol. The number of fused-ring (bicyclic) bond motifs is 1. The van der Waals surface area contributed by atoms with Crippen molar-refractivity contribution in [3.63, 3.8) is 0 Å². The second-order valence-corrected chi connectivity index (χ2v) is 6.51. The number of methoxy groups -OCH3 is 2. The molecular formula is C12H14ClNO4S. The number of benzene rings is 1. The number of rotatable bonds is 5. The van der Waals surface area contributed by atoms with Gasteiger partial charge >= 0.3 is 0 Å². The van der Waals surface area contributed by atoms with Crippen molar-refractivity contribution in [3.05, 3.63) is 24.4 Å². The highest BCUT2D eigenvalue weighted by molar-refractivity contribution is 8.14. The second kappa shape index (κ2) is 5.40. The summed E-state index contributed by atoms with van der Waals surface area (Å²) in [7, 11) is 4.73. The lowest BCUT2D eigenvalue weighted by Gasteiger charge is -2.05. The summed E-state index contributed by atoms with van der Waals surface area (Å²) >= 11 is 0. The molecule has 5 nitrogen and oxygen atoms in total. The fourth-order valence-corrected chi connectivity index (χ4v) is 3.06.